The van der Waals surface area contributed by atoms with Crippen molar-refractivity contribution < 1.29 is 17.9 Å². The maximum atomic E-state index is 12.6. The molecule has 0 spiro atoms. The van der Waals surface area contributed by atoms with Crippen molar-refractivity contribution in [1.82, 2.24) is 4.90 Å². The number of ether oxygens (including phenoxy) is 1. The Bertz CT molecular complexity index is 511. The van der Waals surface area contributed by atoms with Gasteiger partial charge in [-0.3, -0.25) is 0 Å². The molecule has 1 saturated heterocycles. The zero-order valence-corrected chi connectivity index (χ0v) is 12.3. The minimum Gasteiger partial charge on any atom is -0.492 e. The predicted molar refractivity (Wildman–Crippen MR) is 78.9 cm³/mol. The highest BCUT2D eigenvalue weighted by Crippen LogP contribution is 2.31. The smallest absolute Gasteiger partial charge is 0.416 e. The molecule has 0 amide bonds. The number of likely N-dealkylation sites (tertiary alicyclic amines) is 1. The summed E-state index contributed by atoms with van der Waals surface area (Å²) in [6, 6.07) is 4.81. The first-order valence-electron chi connectivity index (χ1n) is 7.32. The Hall–Kier alpha value is -1.92. The van der Waals surface area contributed by atoms with E-state index < -0.39 is 11.7 Å². The number of rotatable bonds is 4. The quantitative estimate of drug-likeness (QED) is 0.528. The van der Waals surface area contributed by atoms with E-state index in [1.807, 2.05) is 4.90 Å². The van der Waals surface area contributed by atoms with Crippen molar-refractivity contribution in [3.8, 4) is 5.75 Å². The summed E-state index contributed by atoms with van der Waals surface area (Å²) < 4.78 is 43.0. The Morgan fingerprint density at radius 1 is 1.23 bits per heavy atom. The number of nitrogens with zero attached hydrogens (tertiary/aromatic N) is 2. The van der Waals surface area contributed by atoms with Crippen LogP contribution in [0.1, 0.15) is 24.8 Å². The van der Waals surface area contributed by atoms with Gasteiger partial charge in [0.15, 0.2) is 5.96 Å². The van der Waals surface area contributed by atoms with Crippen molar-refractivity contribution in [2.24, 2.45) is 10.7 Å². The molecule has 1 aromatic rings. The zero-order chi connectivity index (χ0) is 16.0. The molecular formula is C15H20F3N3O. The van der Waals surface area contributed by atoms with E-state index in [2.05, 4.69) is 4.99 Å². The molecule has 1 fully saturated rings. The van der Waals surface area contributed by atoms with E-state index in [4.69, 9.17) is 10.5 Å². The van der Waals surface area contributed by atoms with Crippen LogP contribution in [0.15, 0.2) is 29.3 Å². The zero-order valence-electron chi connectivity index (χ0n) is 12.3. The monoisotopic (exact) mass is 315 g/mol. The van der Waals surface area contributed by atoms with E-state index in [1.54, 1.807) is 0 Å². The number of benzene rings is 1. The van der Waals surface area contributed by atoms with E-state index in [-0.39, 0.29) is 12.4 Å². The normalized spacial score (nSPS) is 16.7. The fourth-order valence-electron chi connectivity index (χ4n) is 2.31. The molecule has 4 nitrogen and oxygen atoms in total. The van der Waals surface area contributed by atoms with Gasteiger partial charge in [-0.15, -0.1) is 0 Å². The lowest BCUT2D eigenvalue weighted by molar-refractivity contribution is -0.137. The topological polar surface area (TPSA) is 50.9 Å². The first kappa shape index (κ1) is 16.5. The lowest BCUT2D eigenvalue weighted by atomic mass is 10.1. The third kappa shape index (κ3) is 4.82. The average molecular weight is 315 g/mol. The minimum atomic E-state index is -4.36. The second-order valence-electron chi connectivity index (χ2n) is 5.16. The van der Waals surface area contributed by atoms with Gasteiger partial charge in [-0.2, -0.15) is 13.2 Å². The van der Waals surface area contributed by atoms with Crippen molar-refractivity contribution in [2.75, 3.05) is 26.2 Å². The van der Waals surface area contributed by atoms with Crippen molar-refractivity contribution in [2.45, 2.75) is 25.4 Å². The molecule has 0 saturated carbocycles. The number of hydrogen-bond donors (Lipinski definition) is 1. The van der Waals surface area contributed by atoms with Gasteiger partial charge in [0, 0.05) is 13.1 Å². The first-order valence-corrected chi connectivity index (χ1v) is 7.32. The Kier molecular flexibility index (Phi) is 5.51. The molecule has 1 aliphatic heterocycles. The number of aliphatic imine (C=N–C) groups is 1. The Balaban J connectivity index is 1.81. The minimum absolute atomic E-state index is 0.182. The molecule has 0 radical (unpaired) electrons. The van der Waals surface area contributed by atoms with Crippen LogP contribution in [0.5, 0.6) is 5.75 Å². The lowest BCUT2D eigenvalue weighted by Crippen LogP contribution is -2.41. The molecule has 0 aliphatic carbocycles. The van der Waals surface area contributed by atoms with E-state index in [1.165, 1.54) is 18.6 Å². The largest absolute Gasteiger partial charge is 0.492 e. The van der Waals surface area contributed by atoms with Gasteiger partial charge in [0.25, 0.3) is 0 Å². The van der Waals surface area contributed by atoms with Gasteiger partial charge in [-0.1, -0.05) is 6.07 Å². The summed E-state index contributed by atoms with van der Waals surface area (Å²) in [7, 11) is 0. The molecule has 1 heterocycles. The van der Waals surface area contributed by atoms with Crippen LogP contribution in [-0.2, 0) is 6.18 Å². The fourth-order valence-corrected chi connectivity index (χ4v) is 2.31. The van der Waals surface area contributed by atoms with Crippen molar-refractivity contribution >= 4 is 5.96 Å². The molecule has 2 rings (SSSR count). The molecule has 0 bridgehead atoms. The SMILES string of the molecule is NC(=NCCOc1cccc(C(F)(F)F)c1)N1CCCCC1. The summed E-state index contributed by atoms with van der Waals surface area (Å²) in [5.41, 5.74) is 5.16. The molecule has 2 N–H and O–H groups in total. The van der Waals surface area contributed by atoms with Gasteiger partial charge in [0.1, 0.15) is 12.4 Å². The van der Waals surface area contributed by atoms with E-state index in [0.29, 0.717) is 12.5 Å². The van der Waals surface area contributed by atoms with Gasteiger partial charge in [0.2, 0.25) is 0 Å². The van der Waals surface area contributed by atoms with Crippen molar-refractivity contribution in [3.05, 3.63) is 29.8 Å². The molecule has 0 unspecified atom stereocenters. The number of nitrogens with two attached hydrogens (primary N) is 1. The third-order valence-corrected chi connectivity index (χ3v) is 3.48. The van der Waals surface area contributed by atoms with Crippen LogP contribution in [0, 0.1) is 0 Å². The second-order valence-corrected chi connectivity index (χ2v) is 5.16. The molecule has 1 aliphatic rings. The number of guanidine groups is 1. The summed E-state index contributed by atoms with van der Waals surface area (Å²) in [6.07, 6.45) is -0.938. The van der Waals surface area contributed by atoms with Crippen LogP contribution in [0.25, 0.3) is 0 Å². The van der Waals surface area contributed by atoms with Crippen LogP contribution in [-0.4, -0.2) is 37.1 Å². The van der Waals surface area contributed by atoms with Gasteiger partial charge in [-0.05, 0) is 37.5 Å². The summed E-state index contributed by atoms with van der Waals surface area (Å²) >= 11 is 0. The molecular weight excluding hydrogens is 295 g/mol. The van der Waals surface area contributed by atoms with Crippen LogP contribution in [0.4, 0.5) is 13.2 Å². The highest BCUT2D eigenvalue weighted by molar-refractivity contribution is 5.78. The van der Waals surface area contributed by atoms with Gasteiger partial charge in [-0.25, -0.2) is 4.99 Å². The average Bonchev–Trinajstić information content (AvgIpc) is 2.52. The molecule has 0 atom stereocenters. The number of hydrogen-bond acceptors (Lipinski definition) is 2. The molecule has 7 heteroatoms. The molecule has 0 aromatic heterocycles. The van der Waals surface area contributed by atoms with Gasteiger partial charge < -0.3 is 15.4 Å². The van der Waals surface area contributed by atoms with Crippen LogP contribution >= 0.6 is 0 Å². The van der Waals surface area contributed by atoms with E-state index >= 15 is 0 Å². The lowest BCUT2D eigenvalue weighted by Gasteiger charge is -2.27. The maximum Gasteiger partial charge on any atom is 0.416 e. The highest BCUT2D eigenvalue weighted by atomic mass is 19.4. The van der Waals surface area contributed by atoms with Crippen LogP contribution in [0.2, 0.25) is 0 Å². The maximum absolute atomic E-state index is 12.6. The summed E-state index contributed by atoms with van der Waals surface area (Å²) in [6.45, 7) is 2.32. The predicted octanol–water partition coefficient (Wildman–Crippen LogP) is 2.88. The standard InChI is InChI=1S/C15H20F3N3O/c16-15(17,18)12-5-4-6-13(11-12)22-10-7-20-14(19)21-8-2-1-3-9-21/h4-6,11H,1-3,7-10H2,(H2,19,20). The Morgan fingerprint density at radius 3 is 2.64 bits per heavy atom. The molecule has 1 aromatic carbocycles. The van der Waals surface area contributed by atoms with Gasteiger partial charge in [0.05, 0.1) is 12.1 Å². The summed E-state index contributed by atoms with van der Waals surface area (Å²) in [5, 5.41) is 0. The second kappa shape index (κ2) is 7.38. The van der Waals surface area contributed by atoms with Crippen molar-refractivity contribution in [1.29, 1.82) is 0 Å². The van der Waals surface area contributed by atoms with Crippen LogP contribution in [0.3, 0.4) is 0 Å². The first-order chi connectivity index (χ1) is 10.5. The van der Waals surface area contributed by atoms with Crippen LogP contribution < -0.4 is 10.5 Å². The highest BCUT2D eigenvalue weighted by Gasteiger charge is 2.30. The molecule has 22 heavy (non-hydrogen) atoms. The van der Waals surface area contributed by atoms with Crippen molar-refractivity contribution in [3.63, 3.8) is 0 Å². The molecule has 122 valence electrons. The Labute approximate surface area is 127 Å². The third-order valence-electron chi connectivity index (χ3n) is 3.48. The number of piperidine rings is 1. The number of halogens is 3. The Morgan fingerprint density at radius 2 is 1.95 bits per heavy atom. The fraction of sp³-hybridized carbons (Fsp3) is 0.533. The van der Waals surface area contributed by atoms with E-state index in [0.717, 1.165) is 38.1 Å². The summed E-state index contributed by atoms with van der Waals surface area (Å²) in [5.74, 6) is 0.661. The number of alkyl halides is 3. The summed E-state index contributed by atoms with van der Waals surface area (Å²) in [4.78, 5) is 6.23. The van der Waals surface area contributed by atoms with Gasteiger partial charge >= 0.3 is 6.18 Å². The van der Waals surface area contributed by atoms with E-state index in [9.17, 15) is 13.2 Å².